The van der Waals surface area contributed by atoms with Crippen molar-refractivity contribution in [3.05, 3.63) is 53.7 Å². The quantitative estimate of drug-likeness (QED) is 0.308. The Balaban J connectivity index is 2.11. The Bertz CT molecular complexity index is 1060. The standard InChI is InChI=1S/C17H19ClN6O3S3/c1-4-9-29-17(28)22-24(3)14-10-11(2)19-15(20-14)21-16(25)23-30(26,27)13-8-6-5-7-12(13)18/h4-8,10H,1,9H2,2-3H3,(H,22,28)(H2,19,20,21,23,25). The highest BCUT2D eigenvalue weighted by molar-refractivity contribution is 8.23. The van der Waals surface area contributed by atoms with Gasteiger partial charge in [0.05, 0.1) is 5.02 Å². The van der Waals surface area contributed by atoms with Crippen LogP contribution in [-0.4, -0.2) is 41.5 Å². The summed E-state index contributed by atoms with van der Waals surface area (Å²) in [5.74, 6) is 0.971. The van der Waals surface area contributed by atoms with Crippen molar-refractivity contribution in [1.82, 2.24) is 20.1 Å². The maximum absolute atomic E-state index is 12.4. The van der Waals surface area contributed by atoms with Gasteiger partial charge in [-0.25, -0.2) is 22.9 Å². The maximum Gasteiger partial charge on any atom is 0.335 e. The van der Waals surface area contributed by atoms with Gasteiger partial charge in [-0.3, -0.25) is 15.8 Å². The average molecular weight is 487 g/mol. The molecule has 3 N–H and O–H groups in total. The molecule has 1 aromatic heterocycles. The number of anilines is 2. The lowest BCUT2D eigenvalue weighted by molar-refractivity contribution is 0.256. The molecule has 0 unspecified atom stereocenters. The van der Waals surface area contributed by atoms with Gasteiger partial charge < -0.3 is 0 Å². The molecular weight excluding hydrogens is 468 g/mol. The minimum Gasteiger partial charge on any atom is -0.282 e. The molecule has 0 spiro atoms. The van der Waals surface area contributed by atoms with Gasteiger partial charge >= 0.3 is 6.03 Å². The van der Waals surface area contributed by atoms with E-state index in [1.165, 1.54) is 30.0 Å². The second kappa shape index (κ2) is 10.6. The molecule has 0 aliphatic rings. The van der Waals surface area contributed by atoms with Crippen LogP contribution in [0.5, 0.6) is 0 Å². The van der Waals surface area contributed by atoms with Crippen LogP contribution in [0.25, 0.3) is 0 Å². The van der Waals surface area contributed by atoms with Crippen LogP contribution in [-0.2, 0) is 10.0 Å². The number of thioether (sulfide) groups is 1. The molecule has 0 bridgehead atoms. The number of nitrogens with zero attached hydrogens (tertiary/aromatic N) is 3. The number of carbonyl (C=O) groups excluding carboxylic acids is 1. The Morgan fingerprint density at radius 2 is 2.07 bits per heavy atom. The second-order valence-corrected chi connectivity index (χ2v) is 9.49. The predicted octanol–water partition coefficient (Wildman–Crippen LogP) is 3.09. The van der Waals surface area contributed by atoms with Crippen LogP contribution >= 0.6 is 35.6 Å². The number of aromatic nitrogens is 2. The fourth-order valence-electron chi connectivity index (χ4n) is 2.11. The number of sulfonamides is 1. The van der Waals surface area contributed by atoms with Crippen molar-refractivity contribution in [3.8, 4) is 0 Å². The molecule has 30 heavy (non-hydrogen) atoms. The minimum atomic E-state index is -4.17. The number of hydrazine groups is 1. The molecule has 0 aliphatic carbocycles. The van der Waals surface area contributed by atoms with Crippen LogP contribution in [0.3, 0.4) is 0 Å². The monoisotopic (exact) mass is 486 g/mol. The number of hydrogen-bond acceptors (Lipinski definition) is 8. The molecule has 1 heterocycles. The molecule has 13 heteroatoms. The van der Waals surface area contributed by atoms with Crippen molar-refractivity contribution in [1.29, 1.82) is 0 Å². The molecule has 2 aromatic rings. The summed E-state index contributed by atoms with van der Waals surface area (Å²) >= 11 is 12.5. The van der Waals surface area contributed by atoms with E-state index in [-0.39, 0.29) is 15.9 Å². The van der Waals surface area contributed by atoms with Gasteiger partial charge in [-0.15, -0.1) is 6.58 Å². The SMILES string of the molecule is C=CCSC(=S)NN(C)c1cc(C)nc(NC(=O)NS(=O)(=O)c2ccccc2Cl)n1. The van der Waals surface area contributed by atoms with Crippen molar-refractivity contribution in [3.63, 3.8) is 0 Å². The minimum absolute atomic E-state index is 0.00937. The van der Waals surface area contributed by atoms with Crippen molar-refractivity contribution in [2.24, 2.45) is 0 Å². The van der Waals surface area contributed by atoms with E-state index < -0.39 is 16.1 Å². The molecule has 2 rings (SSSR count). The van der Waals surface area contributed by atoms with Gasteiger partial charge in [0, 0.05) is 24.6 Å². The zero-order chi connectivity index (χ0) is 22.3. The third-order valence-electron chi connectivity index (χ3n) is 3.35. The molecule has 0 aliphatic heterocycles. The first-order valence-electron chi connectivity index (χ1n) is 8.34. The number of nitrogens with one attached hydrogen (secondary N) is 3. The van der Waals surface area contributed by atoms with Gasteiger partial charge in [-0.1, -0.05) is 53.8 Å². The maximum atomic E-state index is 12.4. The topological polar surface area (TPSA) is 116 Å². The summed E-state index contributed by atoms with van der Waals surface area (Å²) in [7, 11) is -2.48. The van der Waals surface area contributed by atoms with Crippen molar-refractivity contribution in [2.75, 3.05) is 23.1 Å². The highest BCUT2D eigenvalue weighted by Gasteiger charge is 2.21. The molecule has 0 atom stereocenters. The van der Waals surface area contributed by atoms with Gasteiger partial charge in [0.15, 0.2) is 10.1 Å². The van der Waals surface area contributed by atoms with Crippen LogP contribution in [0, 0.1) is 6.92 Å². The summed E-state index contributed by atoms with van der Waals surface area (Å²) in [6.45, 7) is 5.33. The Morgan fingerprint density at radius 1 is 1.37 bits per heavy atom. The summed E-state index contributed by atoms with van der Waals surface area (Å²) < 4.78 is 27.1. The Morgan fingerprint density at radius 3 is 2.73 bits per heavy atom. The van der Waals surface area contributed by atoms with E-state index in [0.29, 0.717) is 21.6 Å². The van der Waals surface area contributed by atoms with E-state index in [0.717, 1.165) is 0 Å². The van der Waals surface area contributed by atoms with Crippen LogP contribution in [0.15, 0.2) is 47.9 Å². The third-order valence-corrected chi connectivity index (χ3v) is 6.39. The van der Waals surface area contributed by atoms with E-state index in [9.17, 15) is 13.2 Å². The number of amides is 2. The normalized spacial score (nSPS) is 10.8. The zero-order valence-corrected chi connectivity index (χ0v) is 19.3. The number of aryl methyl sites for hydroxylation is 1. The third kappa shape index (κ3) is 6.83. The smallest absolute Gasteiger partial charge is 0.282 e. The summed E-state index contributed by atoms with van der Waals surface area (Å²) in [5, 5.41) is 3.85. The number of benzene rings is 1. The number of carbonyl (C=O) groups is 1. The lowest BCUT2D eigenvalue weighted by Crippen LogP contribution is -2.38. The Labute approximate surface area is 189 Å². The van der Waals surface area contributed by atoms with Crippen LogP contribution < -0.4 is 20.5 Å². The number of urea groups is 1. The first-order valence-corrected chi connectivity index (χ1v) is 11.6. The van der Waals surface area contributed by atoms with Crippen LogP contribution in [0.2, 0.25) is 5.02 Å². The molecule has 0 fully saturated rings. The lowest BCUT2D eigenvalue weighted by Gasteiger charge is -2.21. The molecule has 160 valence electrons. The van der Waals surface area contributed by atoms with Gasteiger partial charge in [-0.2, -0.15) is 4.98 Å². The second-order valence-electron chi connectivity index (χ2n) is 5.74. The van der Waals surface area contributed by atoms with Gasteiger partial charge in [0.25, 0.3) is 10.0 Å². The highest BCUT2D eigenvalue weighted by Crippen LogP contribution is 2.20. The molecule has 0 saturated heterocycles. The molecule has 0 saturated carbocycles. The van der Waals surface area contributed by atoms with E-state index in [1.54, 1.807) is 37.2 Å². The summed E-state index contributed by atoms with van der Waals surface area (Å²) in [5.41, 5.74) is 3.50. The lowest BCUT2D eigenvalue weighted by atomic mass is 10.4. The van der Waals surface area contributed by atoms with Crippen LogP contribution in [0.1, 0.15) is 5.69 Å². The first kappa shape index (κ1) is 23.9. The molecule has 1 aromatic carbocycles. The van der Waals surface area contributed by atoms with E-state index in [2.05, 4.69) is 27.3 Å². The number of halogens is 1. The van der Waals surface area contributed by atoms with E-state index in [4.69, 9.17) is 23.8 Å². The summed E-state index contributed by atoms with van der Waals surface area (Å²) in [6, 6.07) is 6.40. The van der Waals surface area contributed by atoms with Crippen LogP contribution in [0.4, 0.5) is 16.6 Å². The largest absolute Gasteiger partial charge is 0.335 e. The summed E-state index contributed by atoms with van der Waals surface area (Å²) in [6.07, 6.45) is 1.73. The predicted molar refractivity (Wildman–Crippen MR) is 124 cm³/mol. The molecule has 9 nitrogen and oxygen atoms in total. The number of rotatable bonds is 7. The fourth-order valence-corrected chi connectivity index (χ4v) is 4.35. The van der Waals surface area contributed by atoms with E-state index in [1.807, 2.05) is 4.72 Å². The van der Waals surface area contributed by atoms with E-state index >= 15 is 0 Å². The molecule has 2 amide bonds. The van der Waals surface area contributed by atoms with Gasteiger partial charge in [0.2, 0.25) is 5.95 Å². The fraction of sp³-hybridized carbons (Fsp3) is 0.176. The van der Waals surface area contributed by atoms with Gasteiger partial charge in [-0.05, 0) is 19.1 Å². The average Bonchev–Trinajstić information content (AvgIpc) is 2.65. The Hall–Kier alpha value is -2.41. The van der Waals surface area contributed by atoms with Gasteiger partial charge in [0.1, 0.15) is 4.90 Å². The van der Waals surface area contributed by atoms with Crippen molar-refractivity contribution < 1.29 is 13.2 Å². The van der Waals surface area contributed by atoms with Crippen molar-refractivity contribution in [2.45, 2.75) is 11.8 Å². The molecular formula is C17H19ClN6O3S3. The summed E-state index contributed by atoms with van der Waals surface area (Å²) in [4.78, 5) is 20.3. The Kier molecular flexibility index (Phi) is 8.41. The number of hydrogen-bond donors (Lipinski definition) is 3. The first-order chi connectivity index (χ1) is 14.1. The molecule has 0 radical (unpaired) electrons. The van der Waals surface area contributed by atoms with Crippen molar-refractivity contribution >= 4 is 67.7 Å². The highest BCUT2D eigenvalue weighted by atomic mass is 35.5. The zero-order valence-electron chi connectivity index (χ0n) is 16.0. The number of thiocarbonyl (C=S) groups is 1.